The highest BCUT2D eigenvalue weighted by atomic mass is 16.6. The van der Waals surface area contributed by atoms with E-state index >= 15 is 0 Å². The van der Waals surface area contributed by atoms with Crippen molar-refractivity contribution < 1.29 is 14.3 Å². The molecular weight excluding hydrogens is 268 g/mol. The molecule has 3 fully saturated rings. The fourth-order valence-corrected chi connectivity index (χ4v) is 3.71. The van der Waals surface area contributed by atoms with Crippen LogP contribution in [0.25, 0.3) is 0 Å². The zero-order valence-electron chi connectivity index (χ0n) is 13.1. The number of nitrogens with zero attached hydrogens (tertiary/aromatic N) is 1. The van der Waals surface area contributed by atoms with E-state index in [0.29, 0.717) is 6.61 Å². The Morgan fingerprint density at radius 1 is 1.38 bits per heavy atom. The molecule has 21 heavy (non-hydrogen) atoms. The van der Waals surface area contributed by atoms with Crippen LogP contribution in [0, 0.1) is 5.92 Å². The fourth-order valence-electron chi connectivity index (χ4n) is 3.71. The molecule has 0 aromatic carbocycles. The van der Waals surface area contributed by atoms with Gasteiger partial charge in [0, 0.05) is 33.1 Å². The van der Waals surface area contributed by atoms with Gasteiger partial charge < -0.3 is 19.7 Å². The van der Waals surface area contributed by atoms with Gasteiger partial charge in [0.15, 0.2) is 0 Å². The number of likely N-dealkylation sites (tertiary alicyclic amines) is 1. The zero-order chi connectivity index (χ0) is 14.7. The van der Waals surface area contributed by atoms with Crippen LogP contribution in [0.1, 0.15) is 38.5 Å². The van der Waals surface area contributed by atoms with Crippen LogP contribution in [-0.4, -0.2) is 62.4 Å². The van der Waals surface area contributed by atoms with Crippen LogP contribution in [0.2, 0.25) is 0 Å². The van der Waals surface area contributed by atoms with E-state index in [0.717, 1.165) is 38.3 Å². The summed E-state index contributed by atoms with van der Waals surface area (Å²) in [5, 5.41) is 2.58. The van der Waals surface area contributed by atoms with Gasteiger partial charge >= 0.3 is 0 Å². The molecule has 3 aliphatic rings. The molecule has 120 valence electrons. The summed E-state index contributed by atoms with van der Waals surface area (Å²) < 4.78 is 11.7. The number of hydrogen-bond donors (Lipinski definition) is 1. The Morgan fingerprint density at radius 3 is 2.76 bits per heavy atom. The number of carbonyl (C=O) groups is 1. The average Bonchev–Trinajstić information content (AvgIpc) is 2.85. The van der Waals surface area contributed by atoms with Crippen molar-refractivity contribution in [1.29, 1.82) is 0 Å². The van der Waals surface area contributed by atoms with Gasteiger partial charge in [0.05, 0.1) is 18.3 Å². The number of rotatable bonds is 5. The van der Waals surface area contributed by atoms with E-state index in [9.17, 15) is 4.79 Å². The van der Waals surface area contributed by atoms with Gasteiger partial charge in [0.2, 0.25) is 5.91 Å². The lowest BCUT2D eigenvalue weighted by Gasteiger charge is -2.41. The third kappa shape index (κ3) is 3.76. The van der Waals surface area contributed by atoms with E-state index in [-0.39, 0.29) is 24.2 Å². The topological polar surface area (TPSA) is 50.8 Å². The summed E-state index contributed by atoms with van der Waals surface area (Å²) >= 11 is 0. The lowest BCUT2D eigenvalue weighted by molar-refractivity contribution is -0.127. The molecule has 5 nitrogen and oxygen atoms in total. The summed E-state index contributed by atoms with van der Waals surface area (Å²) in [6.07, 6.45) is 7.53. The maximum Gasteiger partial charge on any atom is 0.245 e. The third-order valence-corrected chi connectivity index (χ3v) is 5.41. The Kier molecular flexibility index (Phi) is 4.82. The number of likely N-dealkylation sites (N-methyl/N-ethyl adjacent to an activating group) is 1. The van der Waals surface area contributed by atoms with E-state index < -0.39 is 0 Å². The summed E-state index contributed by atoms with van der Waals surface area (Å²) in [7, 11) is 1.64. The van der Waals surface area contributed by atoms with Gasteiger partial charge in [-0.2, -0.15) is 0 Å². The molecule has 1 aliphatic carbocycles. The SMILES string of the molecule is CNC(=O)CO[C@@H]1COC2(CCN(CC3CCC3)CC2)C1. The molecule has 1 saturated carbocycles. The van der Waals surface area contributed by atoms with Crippen LogP contribution in [0.15, 0.2) is 0 Å². The predicted octanol–water partition coefficient (Wildman–Crippen LogP) is 1.17. The minimum Gasteiger partial charge on any atom is -0.372 e. The zero-order valence-corrected chi connectivity index (χ0v) is 13.1. The highest BCUT2D eigenvalue weighted by molar-refractivity contribution is 5.76. The summed E-state index contributed by atoms with van der Waals surface area (Å²) in [4.78, 5) is 13.8. The molecule has 2 saturated heterocycles. The monoisotopic (exact) mass is 296 g/mol. The smallest absolute Gasteiger partial charge is 0.245 e. The summed E-state index contributed by atoms with van der Waals surface area (Å²) in [5.74, 6) is 0.887. The molecule has 3 rings (SSSR count). The Morgan fingerprint density at radius 2 is 2.14 bits per heavy atom. The first kappa shape index (κ1) is 15.3. The standard InChI is InChI=1S/C16H28N2O3/c1-17-15(19)12-20-14-9-16(21-11-14)5-7-18(8-6-16)10-13-3-2-4-13/h13-14H,2-12H2,1H3,(H,17,19)/t14-/m0/s1. The van der Waals surface area contributed by atoms with Gasteiger partial charge in [-0.05, 0) is 31.6 Å². The molecular formula is C16H28N2O3. The van der Waals surface area contributed by atoms with Crippen molar-refractivity contribution in [3.05, 3.63) is 0 Å². The van der Waals surface area contributed by atoms with Gasteiger partial charge in [0.25, 0.3) is 0 Å². The molecule has 5 heteroatoms. The normalized spacial score (nSPS) is 29.5. The molecule has 0 bridgehead atoms. The van der Waals surface area contributed by atoms with Crippen molar-refractivity contribution in [2.75, 3.05) is 39.9 Å². The molecule has 1 N–H and O–H groups in total. The Hall–Kier alpha value is -0.650. The van der Waals surface area contributed by atoms with E-state index in [2.05, 4.69) is 10.2 Å². The minimum atomic E-state index is -0.0636. The maximum absolute atomic E-state index is 11.2. The van der Waals surface area contributed by atoms with Gasteiger partial charge in [0.1, 0.15) is 6.61 Å². The lowest BCUT2D eigenvalue weighted by Crippen LogP contribution is -2.46. The van der Waals surface area contributed by atoms with E-state index in [1.807, 2.05) is 0 Å². The van der Waals surface area contributed by atoms with E-state index in [4.69, 9.17) is 9.47 Å². The molecule has 0 aromatic rings. The highest BCUT2D eigenvalue weighted by Gasteiger charge is 2.43. The number of amides is 1. The Bertz CT molecular complexity index is 363. The van der Waals surface area contributed by atoms with Gasteiger partial charge in [-0.1, -0.05) is 6.42 Å². The summed E-state index contributed by atoms with van der Waals surface area (Å²) in [5.41, 5.74) is 0.0173. The third-order valence-electron chi connectivity index (χ3n) is 5.41. The van der Waals surface area contributed by atoms with Crippen LogP contribution in [0.3, 0.4) is 0 Å². The number of hydrogen-bond acceptors (Lipinski definition) is 4. The quantitative estimate of drug-likeness (QED) is 0.827. The van der Waals surface area contributed by atoms with Gasteiger partial charge in [-0.25, -0.2) is 0 Å². The van der Waals surface area contributed by atoms with Crippen molar-refractivity contribution in [1.82, 2.24) is 10.2 Å². The van der Waals surface area contributed by atoms with Crippen molar-refractivity contribution in [2.24, 2.45) is 5.92 Å². The van der Waals surface area contributed by atoms with Crippen LogP contribution in [-0.2, 0) is 14.3 Å². The van der Waals surface area contributed by atoms with Crippen molar-refractivity contribution in [3.8, 4) is 0 Å². The second-order valence-electron chi connectivity index (χ2n) is 6.90. The number of ether oxygens (including phenoxy) is 2. The Labute approximate surface area is 127 Å². The van der Waals surface area contributed by atoms with E-state index in [1.54, 1.807) is 7.05 Å². The van der Waals surface area contributed by atoms with Crippen molar-refractivity contribution in [2.45, 2.75) is 50.2 Å². The number of nitrogens with one attached hydrogen (secondary N) is 1. The summed E-state index contributed by atoms with van der Waals surface area (Å²) in [6.45, 7) is 4.37. The number of piperidine rings is 1. The largest absolute Gasteiger partial charge is 0.372 e. The van der Waals surface area contributed by atoms with Crippen molar-refractivity contribution >= 4 is 5.91 Å². The van der Waals surface area contributed by atoms with Gasteiger partial charge in [-0.15, -0.1) is 0 Å². The first-order valence-electron chi connectivity index (χ1n) is 8.38. The molecule has 1 amide bonds. The predicted molar refractivity (Wildman–Crippen MR) is 80.1 cm³/mol. The molecule has 1 spiro atoms. The van der Waals surface area contributed by atoms with Crippen molar-refractivity contribution in [3.63, 3.8) is 0 Å². The lowest BCUT2D eigenvalue weighted by atomic mass is 9.83. The van der Waals surface area contributed by atoms with Crippen LogP contribution in [0.5, 0.6) is 0 Å². The minimum absolute atomic E-state index is 0.0173. The first-order chi connectivity index (χ1) is 10.2. The average molecular weight is 296 g/mol. The second kappa shape index (κ2) is 6.63. The maximum atomic E-state index is 11.2. The first-order valence-corrected chi connectivity index (χ1v) is 8.38. The fraction of sp³-hybridized carbons (Fsp3) is 0.938. The van der Waals surface area contributed by atoms with Gasteiger partial charge in [-0.3, -0.25) is 4.79 Å². The van der Waals surface area contributed by atoms with Crippen LogP contribution >= 0.6 is 0 Å². The molecule has 2 aliphatic heterocycles. The molecule has 1 atom stereocenters. The van der Waals surface area contributed by atoms with Crippen LogP contribution < -0.4 is 5.32 Å². The molecule has 0 radical (unpaired) electrons. The molecule has 0 unspecified atom stereocenters. The van der Waals surface area contributed by atoms with Crippen LogP contribution in [0.4, 0.5) is 0 Å². The second-order valence-corrected chi connectivity index (χ2v) is 6.90. The molecule has 2 heterocycles. The Balaban J connectivity index is 1.40. The molecule has 0 aromatic heterocycles. The highest BCUT2D eigenvalue weighted by Crippen LogP contribution is 2.38. The summed E-state index contributed by atoms with van der Waals surface area (Å²) in [6, 6.07) is 0. The number of carbonyl (C=O) groups excluding carboxylic acids is 1. The van der Waals surface area contributed by atoms with E-state index in [1.165, 1.54) is 25.8 Å².